The van der Waals surface area contributed by atoms with Gasteiger partial charge in [-0.3, -0.25) is 4.57 Å². The number of nitrogens with zero attached hydrogens (tertiary/aromatic N) is 4. The van der Waals surface area contributed by atoms with E-state index in [1.54, 1.807) is 13.8 Å². The van der Waals surface area contributed by atoms with Crippen molar-refractivity contribution >= 4 is 38.7 Å². The fourth-order valence-electron chi connectivity index (χ4n) is 2.45. The van der Waals surface area contributed by atoms with Crippen LogP contribution in [0.5, 0.6) is 0 Å². The lowest BCUT2D eigenvalue weighted by molar-refractivity contribution is -0.0379. The molecule has 32 heavy (non-hydrogen) atoms. The first-order chi connectivity index (χ1) is 14.9. The molecule has 0 fully saturated rings. The maximum absolute atomic E-state index is 12.7. The van der Waals surface area contributed by atoms with Crippen LogP contribution in [0.3, 0.4) is 0 Å². The monoisotopic (exact) mass is 508 g/mol. The van der Waals surface area contributed by atoms with Gasteiger partial charge < -0.3 is 23.0 Å². The Hall–Kier alpha value is -1.07. The van der Waals surface area contributed by atoms with Crippen molar-refractivity contribution in [3.8, 4) is 0 Å². The minimum absolute atomic E-state index is 0.0283. The van der Waals surface area contributed by atoms with Gasteiger partial charge in [-0.2, -0.15) is 4.73 Å². The molecular weight excluding hydrogens is 475 g/mol. The summed E-state index contributed by atoms with van der Waals surface area (Å²) in [7, 11) is -5.38. The van der Waals surface area contributed by atoms with Crippen molar-refractivity contribution in [3.63, 3.8) is 0 Å². The first-order valence-electron chi connectivity index (χ1n) is 10.5. The lowest BCUT2D eigenvalue weighted by Gasteiger charge is -2.37. The Morgan fingerprint density at radius 1 is 1.12 bits per heavy atom. The second kappa shape index (κ2) is 11.4. The summed E-state index contributed by atoms with van der Waals surface area (Å²) in [6, 6.07) is 0. The van der Waals surface area contributed by atoms with Crippen molar-refractivity contribution in [3.05, 3.63) is 17.8 Å². The number of hydrogen-bond acceptors (Lipinski definition) is 9. The van der Waals surface area contributed by atoms with Gasteiger partial charge in [0.05, 0.1) is 26.4 Å². The molecular formula is C19H34ClN4O6PSi. The third-order valence-electron chi connectivity index (χ3n) is 5.16. The number of ether oxygens (including phenoxy) is 1. The number of rotatable bonds is 13. The van der Waals surface area contributed by atoms with Gasteiger partial charge in [-0.15, -0.1) is 0 Å². The van der Waals surface area contributed by atoms with E-state index < -0.39 is 22.0 Å². The van der Waals surface area contributed by atoms with E-state index in [9.17, 15) is 4.57 Å². The highest BCUT2D eigenvalue weighted by molar-refractivity contribution is 7.53. The van der Waals surface area contributed by atoms with Crippen LogP contribution in [0.2, 0.25) is 23.3 Å². The second-order valence-corrected chi connectivity index (χ2v) is 15.8. The summed E-state index contributed by atoms with van der Waals surface area (Å²) < 4.78 is 36.7. The first-order valence-corrected chi connectivity index (χ1v) is 15.5. The van der Waals surface area contributed by atoms with Crippen LogP contribution in [-0.2, 0) is 22.8 Å². The summed E-state index contributed by atoms with van der Waals surface area (Å²) >= 11 is 6.09. The summed E-state index contributed by atoms with van der Waals surface area (Å²) in [5.41, 5.74) is 0.855. The standard InChI is InChI=1S/C19H34ClN4O6PSi/c1-8-27-31(25,28-9-2)14-26-10-15(11-29-32(6,7)19(3,4)5)30-24-13-23-16-17(20)21-12-22-18(16)24/h12-13,15H,8-11,14H2,1-7H3. The summed E-state index contributed by atoms with van der Waals surface area (Å²) in [6.07, 6.45) is 2.08. The zero-order valence-electron chi connectivity index (χ0n) is 19.8. The molecule has 0 spiro atoms. The second-order valence-electron chi connectivity index (χ2n) is 8.65. The molecule has 0 aliphatic carbocycles. The van der Waals surface area contributed by atoms with E-state index in [-0.39, 0.29) is 43.0 Å². The fraction of sp³-hybridized carbons (Fsp3) is 0.737. The van der Waals surface area contributed by atoms with Gasteiger partial charge in [-0.1, -0.05) is 32.4 Å². The van der Waals surface area contributed by atoms with E-state index in [0.717, 1.165) is 0 Å². The van der Waals surface area contributed by atoms with E-state index in [4.69, 9.17) is 34.6 Å². The smallest absolute Gasteiger partial charge is 0.356 e. The highest BCUT2D eigenvalue weighted by Gasteiger charge is 2.38. The van der Waals surface area contributed by atoms with Gasteiger partial charge in [0.15, 0.2) is 19.6 Å². The van der Waals surface area contributed by atoms with Gasteiger partial charge in [0, 0.05) is 0 Å². The number of aromatic nitrogens is 4. The van der Waals surface area contributed by atoms with Crippen LogP contribution in [0.1, 0.15) is 34.6 Å². The molecule has 0 aliphatic heterocycles. The molecule has 0 radical (unpaired) electrons. The minimum atomic E-state index is -3.34. The molecule has 2 aromatic rings. The third-order valence-corrected chi connectivity index (χ3v) is 11.7. The molecule has 1 atom stereocenters. The molecule has 0 amide bonds. The van der Waals surface area contributed by atoms with Crippen molar-refractivity contribution in [1.29, 1.82) is 0 Å². The van der Waals surface area contributed by atoms with E-state index in [1.165, 1.54) is 17.4 Å². The zero-order chi connectivity index (χ0) is 24.0. The van der Waals surface area contributed by atoms with Gasteiger partial charge in [-0.25, -0.2) is 15.0 Å². The minimum Gasteiger partial charge on any atom is -0.413 e. The molecule has 2 heterocycles. The summed E-state index contributed by atoms with van der Waals surface area (Å²) in [6.45, 7) is 15.2. The van der Waals surface area contributed by atoms with Gasteiger partial charge in [0.25, 0.3) is 0 Å². The third kappa shape index (κ3) is 7.21. The molecule has 10 nitrogen and oxygen atoms in total. The molecule has 0 N–H and O–H groups in total. The molecule has 1 unspecified atom stereocenters. The van der Waals surface area contributed by atoms with E-state index in [2.05, 4.69) is 48.8 Å². The van der Waals surface area contributed by atoms with Crippen molar-refractivity contribution in [2.24, 2.45) is 0 Å². The largest absolute Gasteiger partial charge is 0.413 e. The van der Waals surface area contributed by atoms with Crippen LogP contribution >= 0.6 is 19.2 Å². The lowest BCUT2D eigenvalue weighted by Crippen LogP contribution is -2.45. The maximum atomic E-state index is 12.7. The normalized spacial score (nSPS) is 14.1. The Morgan fingerprint density at radius 2 is 1.78 bits per heavy atom. The van der Waals surface area contributed by atoms with Crippen LogP contribution in [-0.4, -0.2) is 66.9 Å². The highest BCUT2D eigenvalue weighted by atomic mass is 35.5. The predicted molar refractivity (Wildman–Crippen MR) is 126 cm³/mol. The number of fused-ring (bicyclic) bond motifs is 1. The Labute approximate surface area is 195 Å². The molecule has 0 saturated heterocycles. The molecule has 0 aliphatic rings. The van der Waals surface area contributed by atoms with Gasteiger partial charge in [0.2, 0.25) is 5.65 Å². The van der Waals surface area contributed by atoms with Gasteiger partial charge in [0.1, 0.15) is 24.5 Å². The van der Waals surface area contributed by atoms with Crippen LogP contribution < -0.4 is 4.84 Å². The lowest BCUT2D eigenvalue weighted by atomic mass is 10.2. The number of halogens is 1. The quantitative estimate of drug-likeness (QED) is 0.219. The SMILES string of the molecule is CCOP(=O)(COCC(CO[Si](C)(C)C(C)(C)C)On1cnc2c(Cl)ncnc21)OCC. The number of hydrogen-bond donors (Lipinski definition) is 0. The van der Waals surface area contributed by atoms with E-state index in [1.807, 2.05) is 0 Å². The Morgan fingerprint density at radius 3 is 2.38 bits per heavy atom. The van der Waals surface area contributed by atoms with Crippen molar-refractivity contribution in [1.82, 2.24) is 19.7 Å². The van der Waals surface area contributed by atoms with Gasteiger partial charge in [-0.05, 0) is 32.0 Å². The van der Waals surface area contributed by atoms with Crippen molar-refractivity contribution in [2.45, 2.75) is 58.9 Å². The van der Waals surface area contributed by atoms with Gasteiger partial charge >= 0.3 is 7.60 Å². The predicted octanol–water partition coefficient (Wildman–Crippen LogP) is 4.54. The first kappa shape index (κ1) is 27.2. The molecule has 2 rings (SSSR count). The Kier molecular flexibility index (Phi) is 9.66. The summed E-state index contributed by atoms with van der Waals surface area (Å²) in [5.74, 6) is 0. The summed E-state index contributed by atoms with van der Waals surface area (Å²) in [5, 5.41) is 0.262. The average Bonchev–Trinajstić information content (AvgIpc) is 3.10. The summed E-state index contributed by atoms with van der Waals surface area (Å²) in [4.78, 5) is 18.4. The van der Waals surface area contributed by atoms with E-state index >= 15 is 0 Å². The maximum Gasteiger partial charge on any atom is 0.356 e. The van der Waals surface area contributed by atoms with Crippen LogP contribution in [0.4, 0.5) is 0 Å². The molecule has 13 heteroatoms. The van der Waals surface area contributed by atoms with E-state index in [0.29, 0.717) is 11.2 Å². The van der Waals surface area contributed by atoms with Crippen LogP contribution in [0.15, 0.2) is 12.7 Å². The Bertz CT molecular complexity index is 913. The Balaban J connectivity index is 2.15. The van der Waals surface area contributed by atoms with Crippen LogP contribution in [0.25, 0.3) is 11.2 Å². The molecule has 0 aromatic carbocycles. The van der Waals surface area contributed by atoms with Crippen LogP contribution in [0, 0.1) is 0 Å². The molecule has 0 bridgehead atoms. The zero-order valence-corrected chi connectivity index (χ0v) is 22.5. The molecule has 0 saturated carbocycles. The highest BCUT2D eigenvalue weighted by Crippen LogP contribution is 2.47. The molecule has 182 valence electrons. The molecule has 2 aromatic heterocycles. The van der Waals surface area contributed by atoms with Crippen molar-refractivity contribution in [2.75, 3.05) is 32.8 Å². The fourth-order valence-corrected chi connectivity index (χ4v) is 5.00. The van der Waals surface area contributed by atoms with Crippen molar-refractivity contribution < 1.29 is 27.6 Å². The topological polar surface area (TPSA) is 107 Å². The number of imidazole rings is 1. The average molecular weight is 509 g/mol.